The fraction of sp³-hybridized carbons (Fsp3) is 0.500. The van der Waals surface area contributed by atoms with E-state index in [1.807, 2.05) is 0 Å². The van der Waals surface area contributed by atoms with Gasteiger partial charge in [0.15, 0.2) is 6.20 Å². The van der Waals surface area contributed by atoms with Crippen molar-refractivity contribution in [2.24, 2.45) is 0 Å². The first kappa shape index (κ1) is 9.36. The Hall–Kier alpha value is 0.360. The number of aryl methyl sites for hydroxylation is 2. The van der Waals surface area contributed by atoms with E-state index in [0.717, 1.165) is 6.54 Å². The van der Waals surface area contributed by atoms with Crippen LogP contribution in [0.15, 0.2) is 11.6 Å². The SMILES string of the molecule is CC[n+]1ccsc1C.[IH2+]. The summed E-state index contributed by atoms with van der Waals surface area (Å²) in [7, 11) is 0. The second-order valence-corrected chi connectivity index (χ2v) is 2.81. The lowest BCUT2D eigenvalue weighted by Crippen LogP contribution is -3.00. The van der Waals surface area contributed by atoms with E-state index in [0.29, 0.717) is 0 Å². The second kappa shape index (κ2) is 4.22. The Morgan fingerprint density at radius 3 is 2.56 bits per heavy atom. The van der Waals surface area contributed by atoms with Gasteiger partial charge >= 0.3 is 0 Å². The molecule has 1 aromatic heterocycles. The van der Waals surface area contributed by atoms with Crippen molar-refractivity contribution in [3.8, 4) is 0 Å². The standard InChI is InChI=1S/C6H10NS.H2I/c1-3-7-4-5-8-6(7)2;/h4-5H,3H2,1-2H3;1H2/q2*+1. The second-order valence-electron chi connectivity index (χ2n) is 1.71. The molecule has 1 rings (SSSR count). The van der Waals surface area contributed by atoms with Crippen LogP contribution in [-0.2, 0) is 6.54 Å². The first-order valence-electron chi connectivity index (χ1n) is 2.78. The Kier molecular flexibility index (Phi) is 4.39. The average Bonchev–Trinajstić information content (AvgIpc) is 2.14. The molecule has 3 heteroatoms. The fourth-order valence-electron chi connectivity index (χ4n) is 0.703. The molecule has 0 spiro atoms. The van der Waals surface area contributed by atoms with E-state index in [1.165, 1.54) is 5.01 Å². The smallest absolute Gasteiger partial charge is 0.193 e. The number of rotatable bonds is 1. The summed E-state index contributed by atoms with van der Waals surface area (Å²) in [5.41, 5.74) is 0. The van der Waals surface area contributed by atoms with Gasteiger partial charge in [-0.05, 0) is 6.92 Å². The molecular formula is C6H12INS+2. The molecule has 1 nitrogen and oxygen atoms in total. The van der Waals surface area contributed by atoms with Gasteiger partial charge in [-0.3, -0.25) is 0 Å². The molecule has 0 atom stereocenters. The van der Waals surface area contributed by atoms with Crippen LogP contribution in [0.2, 0.25) is 0 Å². The molecule has 9 heavy (non-hydrogen) atoms. The highest BCUT2D eigenvalue weighted by Gasteiger charge is 2.00. The first-order valence-corrected chi connectivity index (χ1v) is 3.66. The maximum atomic E-state index is 2.23. The molecule has 0 N–H and O–H groups in total. The number of aromatic nitrogens is 1. The van der Waals surface area contributed by atoms with Crippen molar-refractivity contribution in [2.75, 3.05) is 0 Å². The highest BCUT2D eigenvalue weighted by atomic mass is 127. The minimum absolute atomic E-state index is 0. The zero-order valence-corrected chi connectivity index (χ0v) is 9.03. The molecule has 0 unspecified atom stereocenters. The van der Waals surface area contributed by atoms with Gasteiger partial charge in [0, 0.05) is 6.92 Å². The summed E-state index contributed by atoms with van der Waals surface area (Å²) in [5, 5.41) is 3.49. The van der Waals surface area contributed by atoms with Crippen LogP contribution in [0.5, 0.6) is 0 Å². The molecule has 0 fully saturated rings. The van der Waals surface area contributed by atoms with E-state index >= 15 is 0 Å². The average molecular weight is 257 g/mol. The summed E-state index contributed by atoms with van der Waals surface area (Å²) < 4.78 is 2.23. The van der Waals surface area contributed by atoms with E-state index in [2.05, 4.69) is 30.0 Å². The van der Waals surface area contributed by atoms with Crippen LogP contribution in [0.25, 0.3) is 0 Å². The van der Waals surface area contributed by atoms with Gasteiger partial charge < -0.3 is 0 Å². The highest BCUT2D eigenvalue weighted by molar-refractivity contribution is 7.09. The Labute approximate surface area is 76.7 Å². The largest absolute Gasteiger partial charge is 0.235 e. The van der Waals surface area contributed by atoms with Crippen molar-refractivity contribution in [1.82, 2.24) is 0 Å². The minimum atomic E-state index is 0. The minimum Gasteiger partial charge on any atom is -0.193 e. The van der Waals surface area contributed by atoms with Gasteiger partial charge in [0.1, 0.15) is 6.54 Å². The van der Waals surface area contributed by atoms with E-state index in [9.17, 15) is 0 Å². The summed E-state index contributed by atoms with van der Waals surface area (Å²) >= 11 is 1.79. The van der Waals surface area contributed by atoms with Gasteiger partial charge in [0.05, 0.1) is 5.38 Å². The Morgan fingerprint density at radius 2 is 2.33 bits per heavy atom. The van der Waals surface area contributed by atoms with Crippen LogP contribution < -0.4 is 28.5 Å². The molecule has 0 amide bonds. The Bertz CT molecular complexity index is 173. The van der Waals surface area contributed by atoms with Gasteiger partial charge in [-0.2, -0.15) is 4.57 Å². The molecule has 0 aliphatic heterocycles. The van der Waals surface area contributed by atoms with Crippen LogP contribution in [0.1, 0.15) is 11.9 Å². The summed E-state index contributed by atoms with van der Waals surface area (Å²) in [6, 6.07) is 0. The lowest BCUT2D eigenvalue weighted by Gasteiger charge is -1.82. The number of hydrogen-bond donors (Lipinski definition) is 0. The number of nitrogens with zero attached hydrogens (tertiary/aromatic N) is 1. The summed E-state index contributed by atoms with van der Waals surface area (Å²) in [4.78, 5) is 0. The zero-order chi connectivity index (χ0) is 5.98. The van der Waals surface area contributed by atoms with E-state index in [-0.39, 0.29) is 24.0 Å². The maximum Gasteiger partial charge on any atom is 0.235 e. The fourth-order valence-corrected chi connectivity index (χ4v) is 1.43. The van der Waals surface area contributed by atoms with Gasteiger partial charge in [0.25, 0.3) is 0 Å². The van der Waals surface area contributed by atoms with E-state index in [4.69, 9.17) is 0 Å². The molecule has 0 aromatic carbocycles. The van der Waals surface area contributed by atoms with Crippen LogP contribution in [0.3, 0.4) is 0 Å². The van der Waals surface area contributed by atoms with Crippen molar-refractivity contribution >= 4 is 11.3 Å². The molecule has 0 saturated heterocycles. The normalized spacial score (nSPS) is 8.67. The van der Waals surface area contributed by atoms with Gasteiger partial charge in [-0.25, -0.2) is 0 Å². The molecule has 52 valence electrons. The molecule has 1 aromatic rings. The van der Waals surface area contributed by atoms with E-state index in [1.54, 1.807) is 11.3 Å². The number of halogens is 1. The molecule has 0 aliphatic rings. The van der Waals surface area contributed by atoms with Crippen molar-refractivity contribution in [3.05, 3.63) is 16.6 Å². The molecular weight excluding hydrogens is 245 g/mol. The van der Waals surface area contributed by atoms with Crippen molar-refractivity contribution in [1.29, 1.82) is 0 Å². The van der Waals surface area contributed by atoms with Crippen molar-refractivity contribution in [2.45, 2.75) is 20.4 Å². The van der Waals surface area contributed by atoms with Gasteiger partial charge in [-0.15, -0.1) is 0 Å². The third-order valence-electron chi connectivity index (χ3n) is 1.22. The van der Waals surface area contributed by atoms with Gasteiger partial charge in [0.2, 0.25) is 29.0 Å². The zero-order valence-electron chi connectivity index (χ0n) is 5.66. The molecule has 0 saturated carbocycles. The molecule has 0 radical (unpaired) electrons. The summed E-state index contributed by atoms with van der Waals surface area (Å²) in [6.07, 6.45) is 2.11. The van der Waals surface area contributed by atoms with Crippen LogP contribution >= 0.6 is 11.3 Å². The quantitative estimate of drug-likeness (QED) is 0.398. The van der Waals surface area contributed by atoms with E-state index < -0.39 is 0 Å². The molecule has 0 aliphatic carbocycles. The van der Waals surface area contributed by atoms with Crippen LogP contribution in [-0.4, -0.2) is 0 Å². The third kappa shape index (κ3) is 2.21. The summed E-state index contributed by atoms with van der Waals surface area (Å²) in [5.74, 6) is 0. The topological polar surface area (TPSA) is 3.88 Å². The third-order valence-corrected chi connectivity index (χ3v) is 2.06. The molecule has 1 heterocycles. The van der Waals surface area contributed by atoms with Crippen molar-refractivity contribution < 1.29 is 28.5 Å². The van der Waals surface area contributed by atoms with Crippen LogP contribution in [0.4, 0.5) is 0 Å². The number of hydrogen-bond acceptors (Lipinski definition) is 1. The first-order chi connectivity index (χ1) is 3.84. The maximum absolute atomic E-state index is 2.23. The van der Waals surface area contributed by atoms with Crippen molar-refractivity contribution in [3.63, 3.8) is 0 Å². The lowest BCUT2D eigenvalue weighted by molar-refractivity contribution is -0.694. The highest BCUT2D eigenvalue weighted by Crippen LogP contribution is 1.97. The molecule has 0 bridgehead atoms. The lowest BCUT2D eigenvalue weighted by atomic mass is 10.6. The monoisotopic (exact) mass is 257 g/mol. The van der Waals surface area contributed by atoms with Crippen LogP contribution in [0, 0.1) is 6.92 Å². The Morgan fingerprint density at radius 1 is 1.67 bits per heavy atom. The predicted octanol–water partition coefficient (Wildman–Crippen LogP) is -2.17. The Balaban J connectivity index is 0.000000640. The number of thiazole rings is 1. The predicted molar refractivity (Wildman–Crippen MR) is 37.7 cm³/mol. The summed E-state index contributed by atoms with van der Waals surface area (Å²) in [6.45, 7) is 5.38. The van der Waals surface area contributed by atoms with Gasteiger partial charge in [-0.1, -0.05) is 11.3 Å².